The van der Waals surface area contributed by atoms with Crippen LogP contribution in [0.15, 0.2) is 11.8 Å². The molecule has 8 nitrogen and oxygen atoms in total. The monoisotopic (exact) mass is 262 g/mol. The number of aliphatic hydroxyl groups excluding tert-OH is 2. The standard InChI is InChI=1S/C6H9O8P.Na/c7-2-3(8)4-1-5(6(9)13-4)14-15(10,11)12;/h1,3-4,7-8H,2H2,(H2,10,11,12);/q;+1/p-1/t3-,4-;/m0./s1. The zero-order valence-electron chi connectivity index (χ0n) is 8.27. The fraction of sp³-hybridized carbons (Fsp3) is 0.500. The number of carbonyl (C=O) groups excluding carboxylic acids is 1. The summed E-state index contributed by atoms with van der Waals surface area (Å²) in [5, 5.41) is 17.6. The molecular formula is C6H8NaO8P. The van der Waals surface area contributed by atoms with Crippen LogP contribution in [0.25, 0.3) is 0 Å². The van der Waals surface area contributed by atoms with Crippen LogP contribution in [-0.4, -0.2) is 39.9 Å². The van der Waals surface area contributed by atoms with Gasteiger partial charge in [-0.15, -0.1) is 0 Å². The Morgan fingerprint density at radius 2 is 2.25 bits per heavy atom. The van der Waals surface area contributed by atoms with Crippen LogP contribution >= 0.6 is 7.82 Å². The van der Waals surface area contributed by atoms with E-state index in [2.05, 4.69) is 9.26 Å². The van der Waals surface area contributed by atoms with Gasteiger partial charge in [-0.1, -0.05) is 0 Å². The number of ether oxygens (including phenoxy) is 1. The molecule has 0 spiro atoms. The number of carbonyl (C=O) groups is 1. The average molecular weight is 262 g/mol. The summed E-state index contributed by atoms with van der Waals surface area (Å²) in [7, 11) is -5.08. The maximum absolute atomic E-state index is 10.9. The maximum atomic E-state index is 10.9. The van der Waals surface area contributed by atoms with Crippen molar-refractivity contribution in [3.63, 3.8) is 0 Å². The van der Waals surface area contributed by atoms with E-state index in [4.69, 9.17) is 15.1 Å². The number of hydrogen-bond acceptors (Lipinski definition) is 7. The van der Waals surface area contributed by atoms with Crippen LogP contribution in [0.3, 0.4) is 0 Å². The number of rotatable bonds is 4. The Balaban J connectivity index is 0.00000225. The molecule has 0 aromatic heterocycles. The molecule has 1 aliphatic heterocycles. The Hall–Kier alpha value is 0.0800. The van der Waals surface area contributed by atoms with Crippen molar-refractivity contribution in [2.75, 3.05) is 6.61 Å². The van der Waals surface area contributed by atoms with E-state index in [0.717, 1.165) is 6.08 Å². The molecular weight excluding hydrogens is 254 g/mol. The summed E-state index contributed by atoms with van der Waals surface area (Å²) < 4.78 is 18.6. The first kappa shape index (κ1) is 16.1. The van der Waals surface area contributed by atoms with E-state index < -0.39 is 38.4 Å². The SMILES string of the molecule is O=C1O[C@H]([C@@H](O)CO)C=C1OP(=O)([O-])O.[Na+]. The largest absolute Gasteiger partial charge is 1.00 e. The van der Waals surface area contributed by atoms with Gasteiger partial charge in [0, 0.05) is 6.08 Å². The van der Waals surface area contributed by atoms with Crippen molar-refractivity contribution < 1.29 is 68.2 Å². The second-order valence-electron chi connectivity index (χ2n) is 2.71. The van der Waals surface area contributed by atoms with E-state index in [-0.39, 0.29) is 29.6 Å². The molecule has 0 saturated heterocycles. The van der Waals surface area contributed by atoms with Gasteiger partial charge < -0.3 is 29.3 Å². The minimum atomic E-state index is -5.08. The Morgan fingerprint density at radius 1 is 1.69 bits per heavy atom. The Bertz CT molecular complexity index is 335. The molecule has 86 valence electrons. The molecule has 1 rings (SSSR count). The first-order valence-corrected chi connectivity index (χ1v) is 5.28. The zero-order valence-corrected chi connectivity index (χ0v) is 11.2. The van der Waals surface area contributed by atoms with Crippen LogP contribution in [0.5, 0.6) is 0 Å². The molecule has 0 aliphatic carbocycles. The molecule has 3 atom stereocenters. The molecule has 16 heavy (non-hydrogen) atoms. The van der Waals surface area contributed by atoms with E-state index in [1.807, 2.05) is 0 Å². The summed E-state index contributed by atoms with van der Waals surface area (Å²) in [4.78, 5) is 29.5. The van der Waals surface area contributed by atoms with E-state index in [0.29, 0.717) is 0 Å². The third-order valence-electron chi connectivity index (χ3n) is 1.54. The third-order valence-corrected chi connectivity index (χ3v) is 1.97. The van der Waals surface area contributed by atoms with Crippen molar-refractivity contribution in [2.45, 2.75) is 12.2 Å². The number of phosphoric acid groups is 1. The Kier molecular flexibility index (Phi) is 6.16. The minimum Gasteiger partial charge on any atom is -0.746 e. The maximum Gasteiger partial charge on any atom is 1.00 e. The predicted octanol–water partition coefficient (Wildman–Crippen LogP) is -5.37. The van der Waals surface area contributed by atoms with Crippen molar-refractivity contribution in [1.82, 2.24) is 0 Å². The second kappa shape index (κ2) is 6.13. The van der Waals surface area contributed by atoms with Crippen LogP contribution in [0.1, 0.15) is 0 Å². The summed E-state index contributed by atoms with van der Waals surface area (Å²) in [6.07, 6.45) is -1.71. The summed E-state index contributed by atoms with van der Waals surface area (Å²) in [6.45, 7) is -0.671. The van der Waals surface area contributed by atoms with Crippen LogP contribution in [0.4, 0.5) is 0 Å². The van der Waals surface area contributed by atoms with Crippen molar-refractivity contribution in [3.05, 3.63) is 11.8 Å². The second-order valence-corrected chi connectivity index (χ2v) is 3.83. The van der Waals surface area contributed by atoms with Crippen molar-refractivity contribution in [3.8, 4) is 0 Å². The normalized spacial score (nSPS) is 24.9. The van der Waals surface area contributed by atoms with Gasteiger partial charge in [0.1, 0.15) is 6.10 Å². The van der Waals surface area contributed by atoms with Gasteiger partial charge in [0.15, 0.2) is 6.10 Å². The summed E-state index contributed by atoms with van der Waals surface area (Å²) in [5.41, 5.74) is 0. The summed E-state index contributed by atoms with van der Waals surface area (Å²) >= 11 is 0. The number of cyclic esters (lactones) is 1. The molecule has 10 heteroatoms. The molecule has 0 radical (unpaired) electrons. The quantitative estimate of drug-likeness (QED) is 0.259. The number of aliphatic hydroxyl groups is 2. The molecule has 0 fully saturated rings. The van der Waals surface area contributed by atoms with Crippen molar-refractivity contribution in [1.29, 1.82) is 0 Å². The van der Waals surface area contributed by atoms with Crippen LogP contribution < -0.4 is 34.5 Å². The summed E-state index contributed by atoms with van der Waals surface area (Å²) in [6, 6.07) is 0. The zero-order chi connectivity index (χ0) is 11.6. The third kappa shape index (κ3) is 4.52. The molecule has 1 aliphatic rings. The van der Waals surface area contributed by atoms with Crippen LogP contribution in [0.2, 0.25) is 0 Å². The Morgan fingerprint density at radius 3 is 2.69 bits per heavy atom. The van der Waals surface area contributed by atoms with Gasteiger partial charge in [-0.05, 0) is 0 Å². The van der Waals surface area contributed by atoms with Crippen LogP contribution in [0, 0.1) is 0 Å². The van der Waals surface area contributed by atoms with Crippen molar-refractivity contribution >= 4 is 13.8 Å². The number of phosphoric ester groups is 1. The Labute approximate surface area is 112 Å². The van der Waals surface area contributed by atoms with Gasteiger partial charge in [0.2, 0.25) is 5.76 Å². The molecule has 1 heterocycles. The van der Waals surface area contributed by atoms with E-state index in [9.17, 15) is 14.3 Å². The molecule has 0 aromatic carbocycles. The molecule has 0 aromatic rings. The number of hydrogen-bond donors (Lipinski definition) is 3. The van der Waals surface area contributed by atoms with E-state index in [1.165, 1.54) is 0 Å². The van der Waals surface area contributed by atoms with E-state index in [1.54, 1.807) is 0 Å². The molecule has 1 unspecified atom stereocenters. The van der Waals surface area contributed by atoms with Gasteiger partial charge in [-0.2, -0.15) is 0 Å². The first-order chi connectivity index (χ1) is 6.83. The number of esters is 1. The van der Waals surface area contributed by atoms with E-state index >= 15 is 0 Å². The fourth-order valence-electron chi connectivity index (χ4n) is 0.918. The predicted molar refractivity (Wildman–Crippen MR) is 42.0 cm³/mol. The molecule has 3 N–H and O–H groups in total. The molecule has 0 amide bonds. The fourth-order valence-corrected chi connectivity index (χ4v) is 1.30. The van der Waals surface area contributed by atoms with Gasteiger partial charge >= 0.3 is 43.3 Å². The smallest absolute Gasteiger partial charge is 0.746 e. The van der Waals surface area contributed by atoms with Gasteiger partial charge in [0.25, 0.3) is 0 Å². The molecule has 0 saturated carbocycles. The summed E-state index contributed by atoms with van der Waals surface area (Å²) in [5.74, 6) is -1.88. The molecule has 0 bridgehead atoms. The average Bonchev–Trinajstić information content (AvgIpc) is 2.44. The van der Waals surface area contributed by atoms with Gasteiger partial charge in [-0.3, -0.25) is 4.57 Å². The van der Waals surface area contributed by atoms with Gasteiger partial charge in [-0.25, -0.2) is 4.79 Å². The topological polar surface area (TPSA) is 136 Å². The minimum absolute atomic E-state index is 0. The van der Waals surface area contributed by atoms with Crippen molar-refractivity contribution in [2.24, 2.45) is 0 Å². The van der Waals surface area contributed by atoms with Crippen LogP contribution in [-0.2, 0) is 18.6 Å². The first-order valence-electron chi connectivity index (χ1n) is 3.78. The van der Waals surface area contributed by atoms with Gasteiger partial charge in [0.05, 0.1) is 6.61 Å².